The molecule has 1 aliphatic rings. The summed E-state index contributed by atoms with van der Waals surface area (Å²) in [7, 11) is 0. The molecule has 0 heterocycles. The summed E-state index contributed by atoms with van der Waals surface area (Å²) >= 11 is 6.06. The van der Waals surface area contributed by atoms with Crippen LogP contribution in [0.5, 0.6) is 0 Å². The highest BCUT2D eigenvalue weighted by Gasteiger charge is 2.22. The molecule has 0 spiro atoms. The molecule has 2 aromatic rings. The van der Waals surface area contributed by atoms with E-state index in [-0.39, 0.29) is 0 Å². The number of halogens is 1. The van der Waals surface area contributed by atoms with E-state index in [4.69, 9.17) is 17.3 Å². The lowest BCUT2D eigenvalue weighted by molar-refractivity contribution is 0.174. The summed E-state index contributed by atoms with van der Waals surface area (Å²) in [5.74, 6) is 1.57. The summed E-state index contributed by atoms with van der Waals surface area (Å²) in [4.78, 5) is 2.65. The lowest BCUT2D eigenvalue weighted by Crippen LogP contribution is -2.33. The van der Waals surface area contributed by atoms with Gasteiger partial charge in [0.25, 0.3) is 0 Å². The van der Waals surface area contributed by atoms with E-state index in [0.717, 1.165) is 42.9 Å². The van der Waals surface area contributed by atoms with Crippen molar-refractivity contribution < 1.29 is 0 Å². The SMILES string of the molecule is NCC1CCC(CN(CCCc2ccccc2)Cc2ccc(Cl)cc2)CC1. The molecule has 3 heteroatoms. The molecular weight excluding hydrogens is 352 g/mol. The second-order valence-electron chi connectivity index (χ2n) is 8.07. The van der Waals surface area contributed by atoms with E-state index >= 15 is 0 Å². The minimum Gasteiger partial charge on any atom is -0.330 e. The van der Waals surface area contributed by atoms with Crippen LogP contribution in [0, 0.1) is 11.8 Å². The maximum absolute atomic E-state index is 6.06. The first-order valence-corrected chi connectivity index (χ1v) is 10.8. The van der Waals surface area contributed by atoms with E-state index in [1.165, 1.54) is 49.8 Å². The summed E-state index contributed by atoms with van der Waals surface area (Å²) in [6, 6.07) is 19.2. The lowest BCUT2D eigenvalue weighted by Gasteiger charge is -2.32. The Kier molecular flexibility index (Phi) is 8.19. The smallest absolute Gasteiger partial charge is 0.0406 e. The fraction of sp³-hybridized carbons (Fsp3) is 0.500. The zero-order chi connectivity index (χ0) is 18.9. The molecule has 2 nitrogen and oxygen atoms in total. The predicted octanol–water partition coefficient (Wildman–Crippen LogP) is 5.54. The quantitative estimate of drug-likeness (QED) is 0.614. The topological polar surface area (TPSA) is 29.3 Å². The second kappa shape index (κ2) is 10.8. The molecule has 146 valence electrons. The van der Waals surface area contributed by atoms with Crippen LogP contribution in [0.1, 0.15) is 43.2 Å². The third-order valence-corrected chi connectivity index (χ3v) is 6.17. The van der Waals surface area contributed by atoms with Crippen molar-refractivity contribution in [2.75, 3.05) is 19.6 Å². The Labute approximate surface area is 169 Å². The number of hydrogen-bond donors (Lipinski definition) is 1. The van der Waals surface area contributed by atoms with Crippen LogP contribution in [0.3, 0.4) is 0 Å². The Morgan fingerprint density at radius 2 is 1.52 bits per heavy atom. The Morgan fingerprint density at radius 3 is 2.19 bits per heavy atom. The maximum atomic E-state index is 6.06. The van der Waals surface area contributed by atoms with Crippen LogP contribution in [-0.4, -0.2) is 24.5 Å². The highest BCUT2D eigenvalue weighted by molar-refractivity contribution is 6.30. The number of hydrogen-bond acceptors (Lipinski definition) is 2. The monoisotopic (exact) mass is 384 g/mol. The van der Waals surface area contributed by atoms with Crippen LogP contribution in [0.4, 0.5) is 0 Å². The van der Waals surface area contributed by atoms with Crippen LogP contribution in [-0.2, 0) is 13.0 Å². The van der Waals surface area contributed by atoms with Gasteiger partial charge in [-0.25, -0.2) is 0 Å². The summed E-state index contributed by atoms with van der Waals surface area (Å²) in [5, 5.41) is 0.814. The van der Waals surface area contributed by atoms with Gasteiger partial charge in [-0.1, -0.05) is 54.1 Å². The molecule has 1 aliphatic carbocycles. The summed E-state index contributed by atoms with van der Waals surface area (Å²) < 4.78 is 0. The molecule has 0 aromatic heterocycles. The van der Waals surface area contributed by atoms with Crippen molar-refractivity contribution in [3.8, 4) is 0 Å². The van der Waals surface area contributed by atoms with E-state index in [9.17, 15) is 0 Å². The van der Waals surface area contributed by atoms with Gasteiger partial charge in [0.1, 0.15) is 0 Å². The predicted molar refractivity (Wildman–Crippen MR) is 116 cm³/mol. The molecule has 3 rings (SSSR count). The van der Waals surface area contributed by atoms with Crippen LogP contribution in [0.15, 0.2) is 54.6 Å². The van der Waals surface area contributed by atoms with Gasteiger partial charge in [0.05, 0.1) is 0 Å². The van der Waals surface area contributed by atoms with Gasteiger partial charge in [0.2, 0.25) is 0 Å². The van der Waals surface area contributed by atoms with E-state index < -0.39 is 0 Å². The molecule has 0 unspecified atom stereocenters. The van der Waals surface area contributed by atoms with Crippen molar-refractivity contribution in [1.82, 2.24) is 4.90 Å². The molecule has 1 saturated carbocycles. The van der Waals surface area contributed by atoms with Gasteiger partial charge in [0, 0.05) is 18.1 Å². The lowest BCUT2D eigenvalue weighted by atomic mass is 9.82. The second-order valence-corrected chi connectivity index (χ2v) is 8.51. The summed E-state index contributed by atoms with van der Waals surface area (Å²) in [6.45, 7) is 4.23. The Morgan fingerprint density at radius 1 is 0.852 bits per heavy atom. The molecule has 1 fully saturated rings. The van der Waals surface area contributed by atoms with E-state index in [1.807, 2.05) is 12.1 Å². The average molecular weight is 385 g/mol. The van der Waals surface area contributed by atoms with E-state index in [2.05, 4.69) is 47.4 Å². The largest absolute Gasteiger partial charge is 0.330 e. The number of aryl methyl sites for hydroxylation is 1. The standard InChI is InChI=1S/C24H33ClN2/c25-24-14-12-23(13-15-24)19-27(16-4-7-20-5-2-1-3-6-20)18-22-10-8-21(17-26)9-11-22/h1-3,5-6,12-15,21-22H,4,7-11,16-19,26H2. The fourth-order valence-corrected chi connectivity index (χ4v) is 4.38. The maximum Gasteiger partial charge on any atom is 0.0406 e. The molecule has 0 radical (unpaired) electrons. The third kappa shape index (κ3) is 6.95. The normalized spacial score (nSPS) is 20.1. The molecule has 0 aliphatic heterocycles. The van der Waals surface area contributed by atoms with Gasteiger partial charge in [-0.3, -0.25) is 4.90 Å². The Balaban J connectivity index is 1.55. The van der Waals surface area contributed by atoms with Crippen molar-refractivity contribution in [2.45, 2.75) is 45.1 Å². The first-order chi connectivity index (χ1) is 13.2. The van der Waals surface area contributed by atoms with Crippen LogP contribution < -0.4 is 5.73 Å². The molecule has 0 bridgehead atoms. The van der Waals surface area contributed by atoms with Gasteiger partial charge >= 0.3 is 0 Å². The summed E-state index contributed by atoms with van der Waals surface area (Å²) in [5.41, 5.74) is 8.66. The minimum atomic E-state index is 0.754. The molecule has 27 heavy (non-hydrogen) atoms. The first kappa shape index (κ1) is 20.4. The van der Waals surface area contributed by atoms with Crippen molar-refractivity contribution in [1.29, 1.82) is 0 Å². The van der Waals surface area contributed by atoms with Gasteiger partial charge in [-0.15, -0.1) is 0 Å². The van der Waals surface area contributed by atoms with Crippen LogP contribution in [0.25, 0.3) is 0 Å². The highest BCUT2D eigenvalue weighted by Crippen LogP contribution is 2.29. The van der Waals surface area contributed by atoms with Crippen molar-refractivity contribution in [3.63, 3.8) is 0 Å². The van der Waals surface area contributed by atoms with Gasteiger partial charge in [-0.05, 0) is 86.7 Å². The highest BCUT2D eigenvalue weighted by atomic mass is 35.5. The van der Waals surface area contributed by atoms with Crippen LogP contribution in [0.2, 0.25) is 5.02 Å². The Bertz CT molecular complexity index is 648. The van der Waals surface area contributed by atoms with Crippen molar-refractivity contribution in [2.24, 2.45) is 17.6 Å². The van der Waals surface area contributed by atoms with Crippen molar-refractivity contribution in [3.05, 3.63) is 70.7 Å². The molecule has 0 amide bonds. The van der Waals surface area contributed by atoms with Gasteiger partial charge in [-0.2, -0.15) is 0 Å². The molecule has 0 saturated heterocycles. The number of nitrogens with zero attached hydrogens (tertiary/aromatic N) is 1. The average Bonchev–Trinajstić information content (AvgIpc) is 2.71. The van der Waals surface area contributed by atoms with Crippen LogP contribution >= 0.6 is 11.6 Å². The van der Waals surface area contributed by atoms with E-state index in [1.54, 1.807) is 0 Å². The molecule has 2 N–H and O–H groups in total. The van der Waals surface area contributed by atoms with Gasteiger partial charge in [0.15, 0.2) is 0 Å². The number of rotatable bonds is 9. The minimum absolute atomic E-state index is 0.754. The first-order valence-electron chi connectivity index (χ1n) is 10.4. The molecule has 0 atom stereocenters. The van der Waals surface area contributed by atoms with Gasteiger partial charge < -0.3 is 5.73 Å². The van der Waals surface area contributed by atoms with E-state index in [0.29, 0.717) is 0 Å². The molecule has 2 aromatic carbocycles. The number of nitrogens with two attached hydrogens (primary N) is 1. The molecular formula is C24H33ClN2. The third-order valence-electron chi connectivity index (χ3n) is 5.92. The fourth-order valence-electron chi connectivity index (χ4n) is 4.25. The summed E-state index contributed by atoms with van der Waals surface area (Å²) in [6.07, 6.45) is 7.63. The number of benzene rings is 2. The zero-order valence-electron chi connectivity index (χ0n) is 16.3. The zero-order valence-corrected chi connectivity index (χ0v) is 17.1. The Hall–Kier alpha value is -1.35. The van der Waals surface area contributed by atoms with Crippen molar-refractivity contribution >= 4 is 11.6 Å².